The van der Waals surface area contributed by atoms with Crippen LogP contribution in [-0.2, 0) is 0 Å². The smallest absolute Gasteiger partial charge is 0.157 e. The molecular weight excluding hydrogens is 234 g/mol. The van der Waals surface area contributed by atoms with E-state index in [-0.39, 0.29) is 0 Å². The maximum Gasteiger partial charge on any atom is 0.157 e. The summed E-state index contributed by atoms with van der Waals surface area (Å²) in [6, 6.07) is 3.95. The predicted molar refractivity (Wildman–Crippen MR) is 68.6 cm³/mol. The van der Waals surface area contributed by atoms with Crippen LogP contribution in [0.5, 0.6) is 0 Å². The van der Waals surface area contributed by atoms with Crippen LogP contribution in [0.15, 0.2) is 12.1 Å². The SMILES string of the molecule is Cc1cc(Cl)n2nc(C3CCCCC3)cc2n1. The van der Waals surface area contributed by atoms with Crippen LogP contribution in [0.2, 0.25) is 5.15 Å². The highest BCUT2D eigenvalue weighted by molar-refractivity contribution is 6.29. The van der Waals surface area contributed by atoms with Gasteiger partial charge in [-0.05, 0) is 25.8 Å². The Balaban J connectivity index is 2.03. The van der Waals surface area contributed by atoms with Crippen molar-refractivity contribution in [3.05, 3.63) is 28.7 Å². The molecule has 1 aliphatic carbocycles. The van der Waals surface area contributed by atoms with E-state index < -0.39 is 0 Å². The van der Waals surface area contributed by atoms with E-state index in [1.807, 2.05) is 13.0 Å². The van der Waals surface area contributed by atoms with Crippen LogP contribution in [-0.4, -0.2) is 14.6 Å². The fourth-order valence-corrected chi connectivity index (χ4v) is 2.95. The van der Waals surface area contributed by atoms with Crippen molar-refractivity contribution < 1.29 is 0 Å². The molecule has 2 aromatic rings. The first-order valence-corrected chi connectivity index (χ1v) is 6.64. The van der Waals surface area contributed by atoms with Gasteiger partial charge in [-0.15, -0.1) is 0 Å². The molecule has 0 aromatic carbocycles. The fourth-order valence-electron chi connectivity index (χ4n) is 2.67. The molecule has 0 unspecified atom stereocenters. The van der Waals surface area contributed by atoms with Crippen molar-refractivity contribution >= 4 is 17.2 Å². The zero-order valence-electron chi connectivity index (χ0n) is 9.99. The lowest BCUT2D eigenvalue weighted by Crippen LogP contribution is -2.05. The third-order valence-corrected chi connectivity index (χ3v) is 3.82. The third-order valence-electron chi connectivity index (χ3n) is 3.55. The Morgan fingerprint density at radius 2 is 2.00 bits per heavy atom. The summed E-state index contributed by atoms with van der Waals surface area (Å²) in [4.78, 5) is 4.47. The molecule has 17 heavy (non-hydrogen) atoms. The van der Waals surface area contributed by atoms with Crippen LogP contribution in [0.25, 0.3) is 5.65 Å². The Hall–Kier alpha value is -1.09. The number of aryl methyl sites for hydroxylation is 1. The molecule has 0 spiro atoms. The van der Waals surface area contributed by atoms with Gasteiger partial charge in [-0.2, -0.15) is 5.10 Å². The van der Waals surface area contributed by atoms with Gasteiger partial charge in [0.15, 0.2) is 5.65 Å². The molecular formula is C13H16ClN3. The van der Waals surface area contributed by atoms with Crippen molar-refractivity contribution in [2.24, 2.45) is 0 Å². The Bertz CT molecular complexity index is 541. The fraction of sp³-hybridized carbons (Fsp3) is 0.538. The Morgan fingerprint density at radius 1 is 1.24 bits per heavy atom. The van der Waals surface area contributed by atoms with Gasteiger partial charge in [-0.3, -0.25) is 0 Å². The van der Waals surface area contributed by atoms with Crippen LogP contribution in [0.3, 0.4) is 0 Å². The number of rotatable bonds is 1. The lowest BCUT2D eigenvalue weighted by Gasteiger charge is -2.18. The molecule has 0 radical (unpaired) electrons. The van der Waals surface area contributed by atoms with Crippen LogP contribution >= 0.6 is 11.6 Å². The third kappa shape index (κ3) is 2.04. The van der Waals surface area contributed by atoms with E-state index >= 15 is 0 Å². The number of hydrogen-bond acceptors (Lipinski definition) is 2. The van der Waals surface area contributed by atoms with Crippen molar-refractivity contribution in [1.29, 1.82) is 0 Å². The maximum atomic E-state index is 6.18. The van der Waals surface area contributed by atoms with Gasteiger partial charge in [0.25, 0.3) is 0 Å². The molecule has 0 aliphatic heterocycles. The van der Waals surface area contributed by atoms with Gasteiger partial charge in [0.2, 0.25) is 0 Å². The van der Waals surface area contributed by atoms with E-state index in [4.69, 9.17) is 11.6 Å². The summed E-state index contributed by atoms with van der Waals surface area (Å²) < 4.78 is 1.75. The second-order valence-electron chi connectivity index (χ2n) is 4.89. The second-order valence-corrected chi connectivity index (χ2v) is 5.28. The highest BCUT2D eigenvalue weighted by atomic mass is 35.5. The largest absolute Gasteiger partial charge is 0.234 e. The highest BCUT2D eigenvalue weighted by Gasteiger charge is 2.19. The summed E-state index contributed by atoms with van der Waals surface area (Å²) in [5, 5.41) is 5.25. The van der Waals surface area contributed by atoms with Gasteiger partial charge in [0, 0.05) is 17.7 Å². The Kier molecular flexibility index (Phi) is 2.79. The van der Waals surface area contributed by atoms with E-state index in [2.05, 4.69) is 16.1 Å². The van der Waals surface area contributed by atoms with E-state index in [0.29, 0.717) is 11.1 Å². The summed E-state index contributed by atoms with van der Waals surface area (Å²) in [6.07, 6.45) is 6.50. The molecule has 2 heterocycles. The number of aromatic nitrogens is 3. The van der Waals surface area contributed by atoms with Crippen molar-refractivity contribution in [2.75, 3.05) is 0 Å². The average Bonchev–Trinajstić information content (AvgIpc) is 2.74. The van der Waals surface area contributed by atoms with Crippen LogP contribution in [0.1, 0.15) is 49.4 Å². The number of hydrogen-bond donors (Lipinski definition) is 0. The predicted octanol–water partition coefficient (Wildman–Crippen LogP) is 3.74. The van der Waals surface area contributed by atoms with E-state index in [9.17, 15) is 0 Å². The molecule has 0 atom stereocenters. The molecule has 1 saturated carbocycles. The molecule has 0 N–H and O–H groups in total. The van der Waals surface area contributed by atoms with E-state index in [1.165, 1.54) is 32.1 Å². The number of halogens is 1. The zero-order chi connectivity index (χ0) is 11.8. The van der Waals surface area contributed by atoms with Crippen molar-refractivity contribution in [3.8, 4) is 0 Å². The molecule has 3 rings (SSSR count). The lowest BCUT2D eigenvalue weighted by atomic mass is 9.87. The molecule has 2 aromatic heterocycles. The van der Waals surface area contributed by atoms with Gasteiger partial charge in [-0.25, -0.2) is 9.50 Å². The summed E-state index contributed by atoms with van der Waals surface area (Å²) in [5.74, 6) is 0.599. The van der Waals surface area contributed by atoms with E-state index in [1.54, 1.807) is 4.52 Å². The second kappa shape index (κ2) is 4.30. The maximum absolute atomic E-state index is 6.18. The van der Waals surface area contributed by atoms with Gasteiger partial charge in [0.05, 0.1) is 5.69 Å². The number of fused-ring (bicyclic) bond motifs is 1. The Labute approximate surface area is 106 Å². The quantitative estimate of drug-likeness (QED) is 0.721. The molecule has 0 saturated heterocycles. The standard InChI is InChI=1S/C13H16ClN3/c1-9-7-12(14)17-13(15-9)8-11(16-17)10-5-3-2-4-6-10/h7-8,10H,2-6H2,1H3. The first-order valence-electron chi connectivity index (χ1n) is 6.27. The van der Waals surface area contributed by atoms with Crippen molar-refractivity contribution in [3.63, 3.8) is 0 Å². The summed E-state index contributed by atoms with van der Waals surface area (Å²) in [7, 11) is 0. The molecule has 1 aliphatic rings. The van der Waals surface area contributed by atoms with Crippen LogP contribution < -0.4 is 0 Å². The summed E-state index contributed by atoms with van der Waals surface area (Å²) >= 11 is 6.18. The van der Waals surface area contributed by atoms with Crippen molar-refractivity contribution in [2.45, 2.75) is 44.9 Å². The molecule has 1 fully saturated rings. The minimum absolute atomic E-state index is 0.599. The van der Waals surface area contributed by atoms with Crippen molar-refractivity contribution in [1.82, 2.24) is 14.6 Å². The molecule has 0 bridgehead atoms. The minimum atomic E-state index is 0.599. The highest BCUT2D eigenvalue weighted by Crippen LogP contribution is 2.32. The first-order chi connectivity index (χ1) is 8.24. The Morgan fingerprint density at radius 3 is 2.76 bits per heavy atom. The molecule has 4 heteroatoms. The zero-order valence-corrected chi connectivity index (χ0v) is 10.7. The van der Waals surface area contributed by atoms with Gasteiger partial charge >= 0.3 is 0 Å². The van der Waals surface area contributed by atoms with Crippen LogP contribution in [0.4, 0.5) is 0 Å². The van der Waals surface area contributed by atoms with Gasteiger partial charge in [0.1, 0.15) is 5.15 Å². The summed E-state index contributed by atoms with van der Waals surface area (Å²) in [6.45, 7) is 1.96. The molecule has 3 nitrogen and oxygen atoms in total. The minimum Gasteiger partial charge on any atom is -0.234 e. The number of nitrogens with zero attached hydrogens (tertiary/aromatic N) is 3. The van der Waals surface area contributed by atoms with Crippen LogP contribution in [0, 0.1) is 6.92 Å². The first kappa shape index (κ1) is 11.0. The molecule has 0 amide bonds. The lowest BCUT2D eigenvalue weighted by molar-refractivity contribution is 0.435. The monoisotopic (exact) mass is 249 g/mol. The summed E-state index contributed by atoms with van der Waals surface area (Å²) in [5.41, 5.74) is 2.97. The van der Waals surface area contributed by atoms with E-state index in [0.717, 1.165) is 17.0 Å². The molecule has 90 valence electrons. The van der Waals surface area contributed by atoms with Gasteiger partial charge in [-0.1, -0.05) is 30.9 Å². The average molecular weight is 250 g/mol. The van der Waals surface area contributed by atoms with Gasteiger partial charge < -0.3 is 0 Å². The normalized spacial score (nSPS) is 17.8. The topological polar surface area (TPSA) is 30.2 Å².